The number of rotatable bonds is 4. The largest absolute Gasteiger partial charge is 0.482 e. The Hall–Kier alpha value is -1.13. The number of hydrogen-bond donors (Lipinski definition) is 0. The Morgan fingerprint density at radius 2 is 2.12 bits per heavy atom. The highest BCUT2D eigenvalue weighted by atomic mass is 35.5. The third kappa shape index (κ3) is 2.58. The number of fused-ring (bicyclic) bond motifs is 1. The van der Waals surface area contributed by atoms with E-state index in [0.29, 0.717) is 22.4 Å². The van der Waals surface area contributed by atoms with Crippen LogP contribution in [0.3, 0.4) is 0 Å². The highest BCUT2D eigenvalue weighted by Crippen LogP contribution is 2.31. The number of halogens is 1. The molecule has 1 aromatic heterocycles. The second kappa shape index (κ2) is 5.47. The van der Waals surface area contributed by atoms with E-state index in [9.17, 15) is 0 Å². The summed E-state index contributed by atoms with van der Waals surface area (Å²) in [4.78, 5) is 4.32. The average molecular weight is 270 g/mol. The third-order valence-electron chi connectivity index (χ3n) is 2.28. The van der Waals surface area contributed by atoms with Crippen molar-refractivity contribution in [1.29, 1.82) is 0 Å². The van der Waals surface area contributed by atoms with E-state index in [-0.39, 0.29) is 0 Å². The molecule has 0 aliphatic carbocycles. The zero-order chi connectivity index (χ0) is 12.3. The van der Waals surface area contributed by atoms with Crippen LogP contribution >= 0.6 is 23.4 Å². The predicted molar refractivity (Wildman–Crippen MR) is 72.3 cm³/mol. The molecular weight excluding hydrogens is 258 g/mol. The summed E-state index contributed by atoms with van der Waals surface area (Å²) < 4.78 is 10.7. The first-order valence-electron chi connectivity index (χ1n) is 5.01. The minimum atomic E-state index is 0.543. The van der Waals surface area contributed by atoms with Crippen molar-refractivity contribution < 1.29 is 9.47 Å². The lowest BCUT2D eigenvalue weighted by atomic mass is 10.2. The monoisotopic (exact) mass is 269 g/mol. The minimum absolute atomic E-state index is 0.543. The molecule has 0 amide bonds. The molecule has 0 saturated carbocycles. The number of aromatic nitrogens is 1. The summed E-state index contributed by atoms with van der Waals surface area (Å²) in [5.41, 5.74) is 0.699. The molecule has 0 N–H and O–H groups in total. The summed E-state index contributed by atoms with van der Waals surface area (Å²) in [6.45, 7) is 0. The minimum Gasteiger partial charge on any atom is -0.482 e. The summed E-state index contributed by atoms with van der Waals surface area (Å²) in [5.74, 6) is 1.93. The van der Waals surface area contributed by atoms with Crippen LogP contribution in [-0.4, -0.2) is 24.3 Å². The second-order valence-corrected chi connectivity index (χ2v) is 4.57. The molecule has 5 heteroatoms. The molecular formula is C12H12ClNO2S. The quantitative estimate of drug-likeness (QED) is 0.794. The van der Waals surface area contributed by atoms with Crippen molar-refractivity contribution in [3.63, 3.8) is 0 Å². The molecule has 0 radical (unpaired) electrons. The van der Waals surface area contributed by atoms with Crippen molar-refractivity contribution in [3.8, 4) is 11.6 Å². The Kier molecular flexibility index (Phi) is 3.97. The predicted octanol–water partition coefficient (Wildman–Crippen LogP) is 3.60. The van der Waals surface area contributed by atoms with Gasteiger partial charge >= 0.3 is 0 Å². The van der Waals surface area contributed by atoms with Crippen LogP contribution in [0.15, 0.2) is 24.3 Å². The van der Waals surface area contributed by atoms with E-state index in [0.717, 1.165) is 11.1 Å². The number of pyridine rings is 1. The first-order chi connectivity index (χ1) is 8.26. The van der Waals surface area contributed by atoms with E-state index in [1.54, 1.807) is 31.0 Å². The number of methoxy groups -OCH3 is 1. The van der Waals surface area contributed by atoms with E-state index in [4.69, 9.17) is 21.1 Å². The summed E-state index contributed by atoms with van der Waals surface area (Å²) in [6, 6.07) is 7.34. The van der Waals surface area contributed by atoms with Crippen molar-refractivity contribution in [2.45, 2.75) is 0 Å². The van der Waals surface area contributed by atoms with Gasteiger partial charge < -0.3 is 9.47 Å². The lowest BCUT2D eigenvalue weighted by Crippen LogP contribution is -1.94. The van der Waals surface area contributed by atoms with Crippen molar-refractivity contribution >= 4 is 34.3 Å². The van der Waals surface area contributed by atoms with Crippen molar-refractivity contribution in [2.24, 2.45) is 0 Å². The van der Waals surface area contributed by atoms with Crippen LogP contribution in [0.4, 0.5) is 0 Å². The smallest absolute Gasteiger partial charge is 0.213 e. The van der Waals surface area contributed by atoms with Gasteiger partial charge in [0.05, 0.1) is 17.6 Å². The van der Waals surface area contributed by atoms with Crippen LogP contribution in [0, 0.1) is 0 Å². The molecule has 0 atom stereocenters. The molecule has 0 spiro atoms. The second-order valence-electron chi connectivity index (χ2n) is 3.35. The van der Waals surface area contributed by atoms with Crippen molar-refractivity contribution in [2.75, 3.05) is 19.3 Å². The SMILES string of the molecule is COc1ccc2c(OCSC)ccc(Cl)c2n1. The van der Waals surface area contributed by atoms with Crippen LogP contribution in [0.2, 0.25) is 5.02 Å². The summed E-state index contributed by atoms with van der Waals surface area (Å²) in [6.07, 6.45) is 1.99. The van der Waals surface area contributed by atoms with Gasteiger partial charge in [0.15, 0.2) is 0 Å². The van der Waals surface area contributed by atoms with Gasteiger partial charge in [-0.2, -0.15) is 0 Å². The zero-order valence-electron chi connectivity index (χ0n) is 9.57. The molecule has 0 aliphatic heterocycles. The summed E-state index contributed by atoms with van der Waals surface area (Å²) >= 11 is 7.73. The van der Waals surface area contributed by atoms with Gasteiger partial charge in [-0.1, -0.05) is 11.6 Å². The van der Waals surface area contributed by atoms with E-state index in [1.165, 1.54) is 0 Å². The Morgan fingerprint density at radius 1 is 1.29 bits per heavy atom. The van der Waals surface area contributed by atoms with Crippen LogP contribution in [0.25, 0.3) is 10.9 Å². The molecule has 2 aromatic rings. The van der Waals surface area contributed by atoms with Gasteiger partial charge in [-0.05, 0) is 24.5 Å². The first kappa shape index (κ1) is 12.3. The zero-order valence-corrected chi connectivity index (χ0v) is 11.1. The maximum Gasteiger partial charge on any atom is 0.213 e. The van der Waals surface area contributed by atoms with Gasteiger partial charge in [-0.3, -0.25) is 0 Å². The number of nitrogens with zero attached hydrogens (tertiary/aromatic N) is 1. The molecule has 2 rings (SSSR count). The van der Waals surface area contributed by atoms with Crippen LogP contribution in [0.5, 0.6) is 11.6 Å². The van der Waals surface area contributed by atoms with Gasteiger partial charge in [0, 0.05) is 11.5 Å². The van der Waals surface area contributed by atoms with Gasteiger partial charge in [0.2, 0.25) is 5.88 Å². The Balaban J connectivity index is 2.53. The Labute approximate surface area is 109 Å². The highest BCUT2D eigenvalue weighted by molar-refractivity contribution is 7.98. The number of thioether (sulfide) groups is 1. The maximum atomic E-state index is 6.11. The van der Waals surface area contributed by atoms with Gasteiger partial charge in [-0.15, -0.1) is 11.8 Å². The fourth-order valence-electron chi connectivity index (χ4n) is 1.50. The number of hydrogen-bond acceptors (Lipinski definition) is 4. The molecule has 1 aromatic carbocycles. The molecule has 0 unspecified atom stereocenters. The molecule has 0 saturated heterocycles. The van der Waals surface area contributed by atoms with Crippen molar-refractivity contribution in [1.82, 2.24) is 4.98 Å². The maximum absolute atomic E-state index is 6.11. The summed E-state index contributed by atoms with van der Waals surface area (Å²) in [5, 5.41) is 1.49. The fourth-order valence-corrected chi connectivity index (χ4v) is 1.95. The van der Waals surface area contributed by atoms with E-state index >= 15 is 0 Å². The van der Waals surface area contributed by atoms with E-state index in [2.05, 4.69) is 4.98 Å². The molecule has 90 valence electrons. The molecule has 1 heterocycles. The number of ether oxygens (including phenoxy) is 2. The fraction of sp³-hybridized carbons (Fsp3) is 0.250. The molecule has 0 aliphatic rings. The normalized spacial score (nSPS) is 10.5. The standard InChI is InChI=1S/C12H12ClNO2S/c1-15-11-6-3-8-10(16-7-17-2)5-4-9(13)12(8)14-11/h3-6H,7H2,1-2H3. The molecule has 0 fully saturated rings. The Bertz CT molecular complexity index is 533. The highest BCUT2D eigenvalue weighted by Gasteiger charge is 2.08. The average Bonchev–Trinajstić information content (AvgIpc) is 2.38. The third-order valence-corrected chi connectivity index (χ3v) is 2.94. The van der Waals surface area contributed by atoms with Crippen molar-refractivity contribution in [3.05, 3.63) is 29.3 Å². The molecule has 17 heavy (non-hydrogen) atoms. The van der Waals surface area contributed by atoms with Crippen LogP contribution in [-0.2, 0) is 0 Å². The molecule has 0 bridgehead atoms. The van der Waals surface area contributed by atoms with Crippen LogP contribution in [0.1, 0.15) is 0 Å². The lowest BCUT2D eigenvalue weighted by molar-refractivity contribution is 0.395. The summed E-state index contributed by atoms with van der Waals surface area (Å²) in [7, 11) is 1.58. The lowest BCUT2D eigenvalue weighted by Gasteiger charge is -2.09. The topological polar surface area (TPSA) is 31.4 Å². The van der Waals surface area contributed by atoms with E-state index in [1.807, 2.05) is 18.4 Å². The van der Waals surface area contributed by atoms with Gasteiger partial charge in [0.1, 0.15) is 11.7 Å². The Morgan fingerprint density at radius 3 is 2.82 bits per heavy atom. The first-order valence-corrected chi connectivity index (χ1v) is 6.78. The van der Waals surface area contributed by atoms with Gasteiger partial charge in [0.25, 0.3) is 0 Å². The molecule has 3 nitrogen and oxygen atoms in total. The van der Waals surface area contributed by atoms with Gasteiger partial charge in [-0.25, -0.2) is 4.98 Å². The van der Waals surface area contributed by atoms with Crippen LogP contribution < -0.4 is 9.47 Å². The number of benzene rings is 1. The van der Waals surface area contributed by atoms with E-state index < -0.39 is 0 Å².